The molecule has 1 amide bonds. The van der Waals surface area contributed by atoms with Gasteiger partial charge < -0.3 is 14.6 Å². The lowest BCUT2D eigenvalue weighted by Gasteiger charge is -2.18. The molecule has 0 bridgehead atoms. The number of rotatable bonds is 9. The molecule has 0 aliphatic heterocycles. The van der Waals surface area contributed by atoms with Crippen molar-refractivity contribution < 1.29 is 9.53 Å². The molecule has 2 aromatic carbocycles. The van der Waals surface area contributed by atoms with Crippen molar-refractivity contribution >= 4 is 34.7 Å². The highest BCUT2D eigenvalue weighted by atomic mass is 32.2. The summed E-state index contributed by atoms with van der Waals surface area (Å²) >= 11 is 3.13. The maximum absolute atomic E-state index is 13.4. The Kier molecular flexibility index (Phi) is 7.24. The molecule has 0 fully saturated rings. The summed E-state index contributed by atoms with van der Waals surface area (Å²) in [5.74, 6) is 0.484. The Morgan fingerprint density at radius 3 is 2.78 bits per heavy atom. The number of amides is 1. The molecule has 32 heavy (non-hydrogen) atoms. The van der Waals surface area contributed by atoms with Crippen molar-refractivity contribution in [1.82, 2.24) is 14.8 Å². The van der Waals surface area contributed by atoms with Gasteiger partial charge in [0.2, 0.25) is 5.91 Å². The second-order valence-corrected chi connectivity index (χ2v) is 9.34. The van der Waals surface area contributed by atoms with Crippen LogP contribution in [0.5, 0.6) is 5.75 Å². The van der Waals surface area contributed by atoms with Gasteiger partial charge in [-0.25, -0.2) is 0 Å². The molecule has 2 heterocycles. The van der Waals surface area contributed by atoms with Crippen molar-refractivity contribution in [2.24, 2.45) is 0 Å². The van der Waals surface area contributed by atoms with E-state index in [9.17, 15) is 4.79 Å². The number of anilines is 1. The van der Waals surface area contributed by atoms with Crippen LogP contribution in [0.3, 0.4) is 0 Å². The number of aryl methyl sites for hydroxylation is 3. The number of carbonyl (C=O) groups is 1. The summed E-state index contributed by atoms with van der Waals surface area (Å²) in [6.45, 7) is 2.74. The Balaban J connectivity index is 1.57. The first-order valence-electron chi connectivity index (χ1n) is 10.2. The molecule has 164 valence electrons. The molecular weight excluding hydrogens is 440 g/mol. The van der Waals surface area contributed by atoms with Crippen LogP contribution >= 0.6 is 23.1 Å². The highest BCUT2D eigenvalue weighted by molar-refractivity contribution is 8.00. The third-order valence-corrected chi connectivity index (χ3v) is 7.12. The van der Waals surface area contributed by atoms with Crippen LogP contribution in [0.25, 0.3) is 0 Å². The average molecular weight is 465 g/mol. The van der Waals surface area contributed by atoms with Crippen LogP contribution in [0.15, 0.2) is 77.5 Å². The fourth-order valence-corrected chi connectivity index (χ4v) is 5.03. The van der Waals surface area contributed by atoms with E-state index in [1.807, 2.05) is 60.0 Å². The van der Waals surface area contributed by atoms with Crippen molar-refractivity contribution in [2.75, 3.05) is 12.4 Å². The van der Waals surface area contributed by atoms with Gasteiger partial charge in [0.15, 0.2) is 5.16 Å². The minimum Gasteiger partial charge on any atom is -0.495 e. The molecule has 2 aromatic heterocycles. The monoisotopic (exact) mass is 464 g/mol. The first-order chi connectivity index (χ1) is 15.6. The third kappa shape index (κ3) is 5.38. The van der Waals surface area contributed by atoms with Gasteiger partial charge in [-0.15, -0.1) is 21.5 Å². The fourth-order valence-electron chi connectivity index (χ4n) is 3.30. The maximum Gasteiger partial charge on any atom is 0.242 e. The molecule has 1 atom stereocenters. The number of hydrogen-bond donors (Lipinski definition) is 1. The van der Waals surface area contributed by atoms with E-state index in [0.29, 0.717) is 16.6 Å². The van der Waals surface area contributed by atoms with Crippen LogP contribution in [0.4, 0.5) is 5.69 Å². The number of thioether (sulfide) groups is 1. The number of ether oxygens (including phenoxy) is 1. The number of nitrogens with zero attached hydrogens (tertiary/aromatic N) is 3. The average Bonchev–Trinajstić information content (AvgIpc) is 3.48. The quantitative estimate of drug-likeness (QED) is 0.337. The zero-order valence-corrected chi connectivity index (χ0v) is 19.5. The molecule has 0 radical (unpaired) electrons. The third-order valence-electron chi connectivity index (χ3n) is 4.94. The number of nitrogens with one attached hydrogen (secondary N) is 1. The Morgan fingerprint density at radius 1 is 1.19 bits per heavy atom. The van der Waals surface area contributed by atoms with Gasteiger partial charge in [0, 0.05) is 11.4 Å². The van der Waals surface area contributed by atoms with E-state index >= 15 is 0 Å². The summed E-state index contributed by atoms with van der Waals surface area (Å²) in [5.41, 5.74) is 2.59. The van der Waals surface area contributed by atoms with Crippen molar-refractivity contribution in [2.45, 2.75) is 30.3 Å². The van der Waals surface area contributed by atoms with Gasteiger partial charge in [-0.3, -0.25) is 4.79 Å². The Labute approximate surface area is 195 Å². The molecule has 4 rings (SSSR count). The molecule has 0 saturated heterocycles. The van der Waals surface area contributed by atoms with Crippen LogP contribution in [0, 0.1) is 6.92 Å². The summed E-state index contributed by atoms with van der Waals surface area (Å²) in [5, 5.41) is 13.7. The van der Waals surface area contributed by atoms with E-state index in [1.54, 1.807) is 24.8 Å². The molecule has 0 spiro atoms. The molecule has 6 nitrogen and oxygen atoms in total. The van der Waals surface area contributed by atoms with Crippen LogP contribution in [-0.2, 0) is 17.8 Å². The summed E-state index contributed by atoms with van der Waals surface area (Å²) in [6.07, 6.45) is 2.62. The molecule has 0 aliphatic carbocycles. The molecule has 8 heteroatoms. The lowest BCUT2D eigenvalue weighted by Crippen LogP contribution is -2.20. The number of thiophene rings is 1. The molecule has 0 aliphatic rings. The van der Waals surface area contributed by atoms with Gasteiger partial charge in [0.1, 0.15) is 17.3 Å². The van der Waals surface area contributed by atoms with Gasteiger partial charge >= 0.3 is 0 Å². The zero-order chi connectivity index (χ0) is 22.3. The number of hydrogen-bond acceptors (Lipinski definition) is 6. The summed E-state index contributed by atoms with van der Waals surface area (Å²) in [4.78, 5) is 14.7. The van der Waals surface area contributed by atoms with Gasteiger partial charge in [-0.1, -0.05) is 54.2 Å². The first-order valence-corrected chi connectivity index (χ1v) is 12.0. The second kappa shape index (κ2) is 10.5. The minimum absolute atomic E-state index is 0.141. The molecule has 0 saturated carbocycles. The van der Waals surface area contributed by atoms with Crippen molar-refractivity contribution in [3.8, 4) is 5.75 Å². The van der Waals surface area contributed by atoms with Crippen molar-refractivity contribution in [3.63, 3.8) is 0 Å². The maximum atomic E-state index is 13.4. The number of benzene rings is 2. The zero-order valence-electron chi connectivity index (χ0n) is 17.9. The van der Waals surface area contributed by atoms with Crippen LogP contribution in [0.2, 0.25) is 0 Å². The van der Waals surface area contributed by atoms with Crippen LogP contribution in [-0.4, -0.2) is 27.8 Å². The number of carbonyl (C=O) groups excluding carboxylic acids is 1. The summed E-state index contributed by atoms with van der Waals surface area (Å²) in [7, 11) is 1.60. The number of methoxy groups -OCH3 is 1. The van der Waals surface area contributed by atoms with Gasteiger partial charge in [-0.05, 0) is 48.1 Å². The van der Waals surface area contributed by atoms with Gasteiger partial charge in [-0.2, -0.15) is 0 Å². The fraction of sp³-hybridized carbons (Fsp3) is 0.208. The van der Waals surface area contributed by atoms with E-state index in [1.165, 1.54) is 16.6 Å². The summed E-state index contributed by atoms with van der Waals surface area (Å²) < 4.78 is 7.43. The lowest BCUT2D eigenvalue weighted by atomic mass is 10.1. The Morgan fingerprint density at radius 2 is 2.03 bits per heavy atom. The standard InChI is InChI=1S/C24H24N4O2S2/c1-17-10-11-21(30-2)20(15-17)26-23(29)22(18-7-4-3-5-8-18)32-24-27-25-16-28(24)13-12-19-9-6-14-31-19/h3-11,14-16,22H,12-13H2,1-2H3,(H,26,29). The lowest BCUT2D eigenvalue weighted by molar-refractivity contribution is -0.115. The topological polar surface area (TPSA) is 69.0 Å². The molecule has 1 N–H and O–H groups in total. The first kappa shape index (κ1) is 22.1. The predicted molar refractivity (Wildman–Crippen MR) is 129 cm³/mol. The largest absolute Gasteiger partial charge is 0.495 e. The van der Waals surface area contributed by atoms with E-state index in [0.717, 1.165) is 24.1 Å². The smallest absolute Gasteiger partial charge is 0.242 e. The normalized spacial score (nSPS) is 11.8. The molecule has 4 aromatic rings. The predicted octanol–water partition coefficient (Wildman–Crippen LogP) is 5.37. The van der Waals surface area contributed by atoms with Crippen LogP contribution in [0.1, 0.15) is 21.3 Å². The second-order valence-electron chi connectivity index (χ2n) is 7.24. The van der Waals surface area contributed by atoms with Crippen molar-refractivity contribution in [1.29, 1.82) is 0 Å². The highest BCUT2D eigenvalue weighted by Gasteiger charge is 2.25. The van der Waals surface area contributed by atoms with E-state index in [2.05, 4.69) is 33.0 Å². The number of aromatic nitrogens is 3. The van der Waals surface area contributed by atoms with Crippen molar-refractivity contribution in [3.05, 3.63) is 88.4 Å². The Bertz CT molecular complexity index is 1160. The Hall–Kier alpha value is -3.10. The highest BCUT2D eigenvalue weighted by Crippen LogP contribution is 2.36. The van der Waals surface area contributed by atoms with Gasteiger partial charge in [0.25, 0.3) is 0 Å². The SMILES string of the molecule is COc1ccc(C)cc1NC(=O)C(Sc1nncn1CCc1cccs1)c1ccccc1. The van der Waals surface area contributed by atoms with Gasteiger partial charge in [0.05, 0.1) is 12.8 Å². The minimum atomic E-state index is -0.494. The van der Waals surface area contributed by atoms with E-state index in [-0.39, 0.29) is 5.91 Å². The van der Waals surface area contributed by atoms with Crippen LogP contribution < -0.4 is 10.1 Å². The van der Waals surface area contributed by atoms with E-state index in [4.69, 9.17) is 4.74 Å². The molecule has 1 unspecified atom stereocenters. The van der Waals surface area contributed by atoms with E-state index < -0.39 is 5.25 Å². The molecular formula is C24H24N4O2S2. The summed E-state index contributed by atoms with van der Waals surface area (Å²) in [6, 6.07) is 19.6.